The first-order valence-corrected chi connectivity index (χ1v) is 11.0. The van der Waals surface area contributed by atoms with Crippen molar-refractivity contribution in [3.63, 3.8) is 0 Å². The second kappa shape index (κ2) is 8.59. The normalized spacial score (nSPS) is 18.4. The van der Waals surface area contributed by atoms with Crippen molar-refractivity contribution in [2.24, 2.45) is 0 Å². The van der Waals surface area contributed by atoms with Crippen LogP contribution in [0.4, 0.5) is 4.79 Å². The number of benzene rings is 1. The van der Waals surface area contributed by atoms with Crippen molar-refractivity contribution in [2.75, 3.05) is 19.6 Å². The summed E-state index contributed by atoms with van der Waals surface area (Å²) in [5, 5.41) is 9.55. The Hall–Kier alpha value is -2.31. The SMILES string of the molecule is Cc1cc(S(=O)(=O)N2CCN(C(=O)OC(C)(C)C)C[C@H]2C#N)ccc1OC(C)C. The van der Waals surface area contributed by atoms with Gasteiger partial charge in [-0.15, -0.1) is 0 Å². The average molecular weight is 424 g/mol. The Labute approximate surface area is 173 Å². The largest absolute Gasteiger partial charge is 0.491 e. The molecule has 0 N–H and O–H groups in total. The summed E-state index contributed by atoms with van der Waals surface area (Å²) in [7, 11) is -3.90. The van der Waals surface area contributed by atoms with E-state index >= 15 is 0 Å². The summed E-state index contributed by atoms with van der Waals surface area (Å²) >= 11 is 0. The summed E-state index contributed by atoms with van der Waals surface area (Å²) in [6, 6.07) is 5.66. The number of carbonyl (C=O) groups excluding carboxylic acids is 1. The second-order valence-electron chi connectivity index (χ2n) is 8.28. The number of rotatable bonds is 4. The second-order valence-corrected chi connectivity index (χ2v) is 10.2. The first kappa shape index (κ1) is 23.0. The van der Waals surface area contributed by atoms with Gasteiger partial charge in [0.25, 0.3) is 0 Å². The van der Waals surface area contributed by atoms with Crippen LogP contribution in [0.25, 0.3) is 0 Å². The third-order valence-corrected chi connectivity index (χ3v) is 6.15. The van der Waals surface area contributed by atoms with E-state index in [1.807, 2.05) is 19.9 Å². The smallest absolute Gasteiger partial charge is 0.410 e. The molecule has 0 spiro atoms. The molecule has 29 heavy (non-hydrogen) atoms. The molecule has 1 aromatic rings. The molecule has 2 rings (SSSR count). The number of piperazine rings is 1. The molecule has 0 radical (unpaired) electrons. The first-order valence-electron chi connectivity index (χ1n) is 9.52. The summed E-state index contributed by atoms with van der Waals surface area (Å²) in [5.41, 5.74) is 0.0282. The molecule has 0 aliphatic carbocycles. The lowest BCUT2D eigenvalue weighted by Gasteiger charge is -2.37. The van der Waals surface area contributed by atoms with E-state index in [1.165, 1.54) is 11.0 Å². The van der Waals surface area contributed by atoms with Crippen LogP contribution in [0.1, 0.15) is 40.2 Å². The number of nitrogens with zero attached hydrogens (tertiary/aromatic N) is 3. The molecule has 0 aromatic heterocycles. The zero-order chi connectivity index (χ0) is 22.0. The Morgan fingerprint density at radius 1 is 1.28 bits per heavy atom. The Morgan fingerprint density at radius 2 is 1.93 bits per heavy atom. The van der Waals surface area contributed by atoms with Gasteiger partial charge in [-0.05, 0) is 65.3 Å². The van der Waals surface area contributed by atoms with Gasteiger partial charge in [0.1, 0.15) is 17.4 Å². The molecule has 1 amide bonds. The highest BCUT2D eigenvalue weighted by molar-refractivity contribution is 7.89. The van der Waals surface area contributed by atoms with Crippen LogP contribution in [0.2, 0.25) is 0 Å². The maximum Gasteiger partial charge on any atom is 0.410 e. The van der Waals surface area contributed by atoms with Gasteiger partial charge in [0.15, 0.2) is 0 Å². The van der Waals surface area contributed by atoms with Gasteiger partial charge in [-0.1, -0.05) is 0 Å². The monoisotopic (exact) mass is 423 g/mol. The first-order chi connectivity index (χ1) is 13.3. The number of nitriles is 1. The fourth-order valence-corrected chi connectivity index (χ4v) is 4.56. The van der Waals surface area contributed by atoms with Crippen LogP contribution < -0.4 is 4.74 Å². The minimum atomic E-state index is -3.90. The Morgan fingerprint density at radius 3 is 2.45 bits per heavy atom. The highest BCUT2D eigenvalue weighted by Crippen LogP contribution is 2.27. The highest BCUT2D eigenvalue weighted by atomic mass is 32.2. The number of amides is 1. The number of hydrogen-bond donors (Lipinski definition) is 0. The molecule has 160 valence electrons. The van der Waals surface area contributed by atoms with Gasteiger partial charge in [0.2, 0.25) is 10.0 Å². The summed E-state index contributed by atoms with van der Waals surface area (Å²) in [4.78, 5) is 13.7. The number of ether oxygens (including phenoxy) is 2. The van der Waals surface area contributed by atoms with Crippen LogP contribution in [-0.4, -0.2) is 61.1 Å². The van der Waals surface area contributed by atoms with Crippen molar-refractivity contribution in [2.45, 2.75) is 64.2 Å². The molecule has 9 heteroatoms. The Balaban J connectivity index is 2.22. The minimum Gasteiger partial charge on any atom is -0.491 e. The lowest BCUT2D eigenvalue weighted by Crippen LogP contribution is -2.56. The Kier molecular flexibility index (Phi) is 6.81. The van der Waals surface area contributed by atoms with Crippen LogP contribution in [0.5, 0.6) is 5.75 Å². The predicted molar refractivity (Wildman–Crippen MR) is 108 cm³/mol. The molecule has 0 bridgehead atoms. The average Bonchev–Trinajstić information content (AvgIpc) is 2.60. The molecule has 1 aliphatic rings. The zero-order valence-electron chi connectivity index (χ0n) is 17.8. The van der Waals surface area contributed by atoms with Crippen LogP contribution in [0.3, 0.4) is 0 Å². The quantitative estimate of drug-likeness (QED) is 0.738. The molecular weight excluding hydrogens is 394 g/mol. The van der Waals surface area contributed by atoms with E-state index in [-0.39, 0.29) is 30.6 Å². The van der Waals surface area contributed by atoms with Crippen molar-refractivity contribution >= 4 is 16.1 Å². The van der Waals surface area contributed by atoms with Gasteiger partial charge in [-0.2, -0.15) is 9.57 Å². The summed E-state index contributed by atoms with van der Waals surface area (Å²) in [6.45, 7) is 10.9. The number of carbonyl (C=O) groups is 1. The fourth-order valence-electron chi connectivity index (χ4n) is 2.96. The fraction of sp³-hybridized carbons (Fsp3) is 0.600. The van der Waals surface area contributed by atoms with Crippen LogP contribution >= 0.6 is 0 Å². The minimum absolute atomic E-state index is 0.0170. The van der Waals surface area contributed by atoms with E-state index in [1.54, 1.807) is 39.8 Å². The molecule has 1 atom stereocenters. The standard InChI is InChI=1S/C20H29N3O5S/c1-14(2)27-18-8-7-17(11-15(18)3)29(25,26)23-10-9-22(13-16(23)12-21)19(24)28-20(4,5)6/h7-8,11,14,16H,9-10,13H2,1-6H3/t16-/m1/s1. The molecule has 8 nitrogen and oxygen atoms in total. The molecule has 1 fully saturated rings. The van der Waals surface area contributed by atoms with Crippen molar-refractivity contribution < 1.29 is 22.7 Å². The maximum atomic E-state index is 13.1. The molecule has 1 aliphatic heterocycles. The van der Waals surface area contributed by atoms with Crippen LogP contribution in [-0.2, 0) is 14.8 Å². The van der Waals surface area contributed by atoms with Crippen molar-refractivity contribution in [1.29, 1.82) is 5.26 Å². The molecule has 0 unspecified atom stereocenters. The van der Waals surface area contributed by atoms with Crippen molar-refractivity contribution in [1.82, 2.24) is 9.21 Å². The van der Waals surface area contributed by atoms with Crippen LogP contribution in [0, 0.1) is 18.3 Å². The van der Waals surface area contributed by atoms with Gasteiger partial charge in [-0.3, -0.25) is 0 Å². The summed E-state index contributed by atoms with van der Waals surface area (Å²) < 4.78 is 38.4. The Bertz CT molecular complexity index is 900. The lowest BCUT2D eigenvalue weighted by atomic mass is 10.2. The molecule has 1 saturated heterocycles. The molecular formula is C20H29N3O5S. The van der Waals surface area contributed by atoms with E-state index in [0.29, 0.717) is 11.3 Å². The van der Waals surface area contributed by atoms with Crippen molar-refractivity contribution in [3.8, 4) is 11.8 Å². The van der Waals surface area contributed by atoms with Gasteiger partial charge in [0.05, 0.1) is 23.6 Å². The number of aryl methyl sites for hydroxylation is 1. The number of hydrogen-bond acceptors (Lipinski definition) is 6. The zero-order valence-corrected chi connectivity index (χ0v) is 18.6. The molecule has 1 aromatic carbocycles. The lowest BCUT2D eigenvalue weighted by molar-refractivity contribution is 0.0162. The highest BCUT2D eigenvalue weighted by Gasteiger charge is 2.39. The number of sulfonamides is 1. The van der Waals surface area contributed by atoms with E-state index in [2.05, 4.69) is 0 Å². The van der Waals surface area contributed by atoms with Gasteiger partial charge >= 0.3 is 6.09 Å². The van der Waals surface area contributed by atoms with E-state index in [0.717, 1.165) is 4.31 Å². The van der Waals surface area contributed by atoms with Crippen molar-refractivity contribution in [3.05, 3.63) is 23.8 Å². The molecule has 1 heterocycles. The molecule has 0 saturated carbocycles. The summed E-state index contributed by atoms with van der Waals surface area (Å²) in [5.74, 6) is 0.616. The third-order valence-electron chi connectivity index (χ3n) is 4.25. The van der Waals surface area contributed by atoms with E-state index in [4.69, 9.17) is 9.47 Å². The van der Waals surface area contributed by atoms with E-state index in [9.17, 15) is 18.5 Å². The van der Waals surface area contributed by atoms with Gasteiger partial charge < -0.3 is 14.4 Å². The maximum absolute atomic E-state index is 13.1. The third kappa shape index (κ3) is 5.61. The van der Waals surface area contributed by atoms with Gasteiger partial charge in [0, 0.05) is 13.1 Å². The van der Waals surface area contributed by atoms with Gasteiger partial charge in [-0.25, -0.2) is 13.2 Å². The predicted octanol–water partition coefficient (Wildman–Crippen LogP) is 2.92. The van der Waals surface area contributed by atoms with Crippen LogP contribution in [0.15, 0.2) is 23.1 Å². The summed E-state index contributed by atoms with van der Waals surface area (Å²) in [6.07, 6.45) is -0.583. The van der Waals surface area contributed by atoms with E-state index < -0.39 is 27.8 Å². The topological polar surface area (TPSA) is 99.9 Å².